The van der Waals surface area contributed by atoms with E-state index in [-0.39, 0.29) is 5.91 Å². The zero-order valence-electron chi connectivity index (χ0n) is 12.0. The minimum Gasteiger partial charge on any atom is -0.497 e. The van der Waals surface area contributed by atoms with Gasteiger partial charge in [-0.15, -0.1) is 0 Å². The van der Waals surface area contributed by atoms with E-state index in [9.17, 15) is 4.79 Å². The Kier molecular flexibility index (Phi) is 7.46. The molecule has 0 bridgehead atoms. The van der Waals surface area contributed by atoms with E-state index in [4.69, 9.17) is 19.9 Å². The largest absolute Gasteiger partial charge is 0.497 e. The molecule has 6 nitrogen and oxygen atoms in total. The van der Waals surface area contributed by atoms with Gasteiger partial charge < -0.3 is 25.3 Å². The molecule has 1 amide bonds. The van der Waals surface area contributed by atoms with Crippen molar-refractivity contribution in [1.82, 2.24) is 5.32 Å². The lowest BCUT2D eigenvalue weighted by atomic mass is 10.1. The summed E-state index contributed by atoms with van der Waals surface area (Å²) >= 11 is 0. The van der Waals surface area contributed by atoms with E-state index in [1.165, 1.54) is 7.11 Å². The van der Waals surface area contributed by atoms with E-state index in [0.717, 1.165) is 6.42 Å². The summed E-state index contributed by atoms with van der Waals surface area (Å²) in [4.78, 5) is 12.1. The van der Waals surface area contributed by atoms with E-state index in [0.29, 0.717) is 43.4 Å². The number of nitrogens with one attached hydrogen (secondary N) is 1. The van der Waals surface area contributed by atoms with Gasteiger partial charge in [-0.25, -0.2) is 0 Å². The van der Waals surface area contributed by atoms with Gasteiger partial charge in [0.05, 0.1) is 26.4 Å². The van der Waals surface area contributed by atoms with Crippen LogP contribution in [0.4, 0.5) is 0 Å². The van der Waals surface area contributed by atoms with Crippen LogP contribution in [0.25, 0.3) is 0 Å². The normalized spacial score (nSPS) is 10.2. The van der Waals surface area contributed by atoms with Crippen molar-refractivity contribution in [1.29, 1.82) is 0 Å². The van der Waals surface area contributed by atoms with Crippen molar-refractivity contribution >= 4 is 5.91 Å². The number of hydrogen-bond acceptors (Lipinski definition) is 5. The van der Waals surface area contributed by atoms with Gasteiger partial charge in [0.25, 0.3) is 5.91 Å². The van der Waals surface area contributed by atoms with Crippen LogP contribution < -0.4 is 20.5 Å². The lowest BCUT2D eigenvalue weighted by Gasteiger charge is -2.11. The summed E-state index contributed by atoms with van der Waals surface area (Å²) in [5.41, 5.74) is 5.76. The summed E-state index contributed by atoms with van der Waals surface area (Å²) in [6, 6.07) is 5.10. The Morgan fingerprint density at radius 1 is 1.25 bits per heavy atom. The number of amides is 1. The molecule has 1 rings (SSSR count). The van der Waals surface area contributed by atoms with Crippen LogP contribution in [0.1, 0.15) is 16.8 Å². The van der Waals surface area contributed by atoms with E-state index in [1.54, 1.807) is 25.3 Å². The molecule has 0 aliphatic rings. The number of rotatable bonds is 9. The fourth-order valence-electron chi connectivity index (χ4n) is 1.65. The first-order valence-corrected chi connectivity index (χ1v) is 6.51. The highest BCUT2D eigenvalue weighted by Gasteiger charge is 2.12. The highest BCUT2D eigenvalue weighted by molar-refractivity contribution is 5.97. The van der Waals surface area contributed by atoms with Gasteiger partial charge in [-0.1, -0.05) is 0 Å². The Bertz CT molecular complexity index is 424. The zero-order valence-corrected chi connectivity index (χ0v) is 12.0. The number of carbonyl (C=O) groups is 1. The SMILES string of the molecule is COc1ccc(OC)c(C(=O)NCCCOCCN)c1. The number of carbonyl (C=O) groups excluding carboxylic acids is 1. The maximum Gasteiger partial charge on any atom is 0.255 e. The lowest BCUT2D eigenvalue weighted by molar-refractivity contribution is 0.0939. The molecule has 6 heteroatoms. The average Bonchev–Trinajstić information content (AvgIpc) is 2.49. The summed E-state index contributed by atoms with van der Waals surface area (Å²) in [5, 5.41) is 2.82. The number of ether oxygens (including phenoxy) is 3. The number of benzene rings is 1. The van der Waals surface area contributed by atoms with Gasteiger partial charge in [0.1, 0.15) is 11.5 Å². The first-order valence-electron chi connectivity index (χ1n) is 6.51. The monoisotopic (exact) mass is 282 g/mol. The van der Waals surface area contributed by atoms with Gasteiger partial charge in [-0.3, -0.25) is 4.79 Å². The van der Waals surface area contributed by atoms with E-state index in [1.807, 2.05) is 0 Å². The minimum atomic E-state index is -0.195. The quantitative estimate of drug-likeness (QED) is 0.655. The Balaban J connectivity index is 2.49. The number of nitrogens with two attached hydrogens (primary N) is 1. The highest BCUT2D eigenvalue weighted by atomic mass is 16.5. The zero-order chi connectivity index (χ0) is 14.8. The molecular formula is C14H22N2O4. The van der Waals surface area contributed by atoms with Crippen LogP contribution >= 0.6 is 0 Å². The van der Waals surface area contributed by atoms with Gasteiger partial charge >= 0.3 is 0 Å². The molecule has 0 saturated heterocycles. The summed E-state index contributed by atoms with van der Waals surface area (Å²) in [6.07, 6.45) is 0.734. The Morgan fingerprint density at radius 3 is 2.70 bits per heavy atom. The van der Waals surface area contributed by atoms with Crippen LogP contribution in [0, 0.1) is 0 Å². The molecule has 112 valence electrons. The third-order valence-electron chi connectivity index (χ3n) is 2.66. The molecule has 0 heterocycles. The Morgan fingerprint density at radius 2 is 2.05 bits per heavy atom. The van der Waals surface area contributed by atoms with Crippen LogP contribution in [0.3, 0.4) is 0 Å². The maximum atomic E-state index is 12.1. The summed E-state index contributed by atoms with van der Waals surface area (Å²) in [5.74, 6) is 0.935. The molecule has 0 aliphatic carbocycles. The Labute approximate surface area is 119 Å². The van der Waals surface area contributed by atoms with Gasteiger partial charge in [0, 0.05) is 19.7 Å². The van der Waals surface area contributed by atoms with Crippen molar-refractivity contribution in [2.45, 2.75) is 6.42 Å². The highest BCUT2D eigenvalue weighted by Crippen LogP contribution is 2.23. The van der Waals surface area contributed by atoms with Gasteiger partial charge in [-0.05, 0) is 24.6 Å². The van der Waals surface area contributed by atoms with E-state index >= 15 is 0 Å². The number of hydrogen-bond donors (Lipinski definition) is 2. The van der Waals surface area contributed by atoms with Crippen molar-refractivity contribution < 1.29 is 19.0 Å². The predicted molar refractivity (Wildman–Crippen MR) is 76.4 cm³/mol. The third-order valence-corrected chi connectivity index (χ3v) is 2.66. The van der Waals surface area contributed by atoms with Gasteiger partial charge in [0.2, 0.25) is 0 Å². The average molecular weight is 282 g/mol. The molecule has 0 aromatic heterocycles. The molecule has 0 radical (unpaired) electrons. The van der Waals surface area contributed by atoms with Crippen molar-refractivity contribution in [3.05, 3.63) is 23.8 Å². The third kappa shape index (κ3) is 5.07. The van der Waals surface area contributed by atoms with Gasteiger partial charge in [-0.2, -0.15) is 0 Å². The van der Waals surface area contributed by atoms with E-state index in [2.05, 4.69) is 5.32 Å². The fourth-order valence-corrected chi connectivity index (χ4v) is 1.65. The molecule has 3 N–H and O–H groups in total. The second-order valence-electron chi connectivity index (χ2n) is 4.08. The second-order valence-corrected chi connectivity index (χ2v) is 4.08. The summed E-state index contributed by atoms with van der Waals surface area (Å²) in [7, 11) is 3.08. The van der Waals surface area contributed by atoms with Crippen molar-refractivity contribution in [2.75, 3.05) is 40.5 Å². The van der Waals surface area contributed by atoms with Crippen LogP contribution in [0.2, 0.25) is 0 Å². The molecule has 1 aromatic rings. The molecule has 1 aromatic carbocycles. The molecule has 0 atom stereocenters. The Hall–Kier alpha value is -1.79. The maximum absolute atomic E-state index is 12.1. The lowest BCUT2D eigenvalue weighted by Crippen LogP contribution is -2.26. The summed E-state index contributed by atoms with van der Waals surface area (Å²) in [6.45, 7) is 2.15. The van der Waals surface area contributed by atoms with Crippen molar-refractivity contribution in [3.63, 3.8) is 0 Å². The van der Waals surface area contributed by atoms with Gasteiger partial charge in [0.15, 0.2) is 0 Å². The molecule has 0 unspecified atom stereocenters. The van der Waals surface area contributed by atoms with Crippen molar-refractivity contribution in [3.8, 4) is 11.5 Å². The second kappa shape index (κ2) is 9.17. The van der Waals surface area contributed by atoms with Crippen LogP contribution in [0.15, 0.2) is 18.2 Å². The van der Waals surface area contributed by atoms with Crippen molar-refractivity contribution in [2.24, 2.45) is 5.73 Å². The standard InChI is InChI=1S/C14H22N2O4/c1-18-11-4-5-13(19-2)12(10-11)14(17)16-7-3-8-20-9-6-15/h4-5,10H,3,6-9,15H2,1-2H3,(H,16,17). The predicted octanol–water partition coefficient (Wildman–Crippen LogP) is 0.799. The molecule has 0 aliphatic heterocycles. The topological polar surface area (TPSA) is 82.8 Å². The molecule has 20 heavy (non-hydrogen) atoms. The summed E-state index contributed by atoms with van der Waals surface area (Å²) < 4.78 is 15.5. The van der Waals surface area contributed by atoms with Crippen LogP contribution in [-0.4, -0.2) is 46.4 Å². The molecular weight excluding hydrogens is 260 g/mol. The molecule has 0 fully saturated rings. The molecule has 0 spiro atoms. The first-order chi connectivity index (χ1) is 9.72. The molecule has 0 saturated carbocycles. The number of methoxy groups -OCH3 is 2. The smallest absolute Gasteiger partial charge is 0.255 e. The van der Waals surface area contributed by atoms with E-state index < -0.39 is 0 Å². The van der Waals surface area contributed by atoms with Crippen LogP contribution in [-0.2, 0) is 4.74 Å². The van der Waals surface area contributed by atoms with Crippen LogP contribution in [0.5, 0.6) is 11.5 Å². The minimum absolute atomic E-state index is 0.195. The first kappa shape index (κ1) is 16.3. The fraction of sp³-hybridized carbons (Fsp3) is 0.500.